The molecule has 0 amide bonds. The van der Waals surface area contributed by atoms with Crippen LogP contribution in [0.4, 0.5) is 0 Å². The number of carbonyl (C=O) groups is 1. The van der Waals surface area contributed by atoms with Crippen LogP contribution in [0.25, 0.3) is 0 Å². The molecule has 0 aromatic heterocycles. The van der Waals surface area contributed by atoms with Crippen molar-refractivity contribution in [1.29, 1.82) is 0 Å². The summed E-state index contributed by atoms with van der Waals surface area (Å²) in [6.07, 6.45) is 0. The second-order valence-electron chi connectivity index (χ2n) is 8.83. The molecule has 1 unspecified atom stereocenters. The minimum absolute atomic E-state index is 0.0496. The SMILES string of the molecule is CC(=O)C(C)(C)ON(C(C(C)(C)C)P(C)(C)=O)C(C)(C)C. The summed E-state index contributed by atoms with van der Waals surface area (Å²) >= 11 is 0. The van der Waals surface area contributed by atoms with E-state index >= 15 is 0 Å². The van der Waals surface area contributed by atoms with Crippen LogP contribution in [-0.2, 0) is 14.2 Å². The van der Waals surface area contributed by atoms with Crippen molar-refractivity contribution in [3.8, 4) is 0 Å². The van der Waals surface area contributed by atoms with Gasteiger partial charge >= 0.3 is 0 Å². The summed E-state index contributed by atoms with van der Waals surface area (Å²) in [6.45, 7) is 20.8. The molecular formula is C16H34NO3P. The molecule has 0 aromatic carbocycles. The Morgan fingerprint density at radius 1 is 1.00 bits per heavy atom. The van der Waals surface area contributed by atoms with Crippen molar-refractivity contribution in [1.82, 2.24) is 5.06 Å². The zero-order valence-electron chi connectivity index (χ0n) is 15.7. The van der Waals surface area contributed by atoms with Gasteiger partial charge in [0, 0.05) is 5.54 Å². The first kappa shape index (κ1) is 20.8. The zero-order valence-corrected chi connectivity index (χ0v) is 16.6. The fraction of sp³-hybridized carbons (Fsp3) is 0.938. The number of carbonyl (C=O) groups excluding carboxylic acids is 1. The third kappa shape index (κ3) is 5.84. The van der Waals surface area contributed by atoms with Crippen LogP contribution in [-0.4, -0.2) is 41.1 Å². The van der Waals surface area contributed by atoms with Crippen LogP contribution in [0.15, 0.2) is 0 Å². The van der Waals surface area contributed by atoms with Crippen molar-refractivity contribution in [3.63, 3.8) is 0 Å². The summed E-state index contributed by atoms with van der Waals surface area (Å²) in [5, 5.41) is 1.79. The molecule has 0 aliphatic carbocycles. The van der Waals surface area contributed by atoms with Gasteiger partial charge in [-0.15, -0.1) is 0 Å². The highest BCUT2D eigenvalue weighted by molar-refractivity contribution is 7.63. The predicted molar refractivity (Wildman–Crippen MR) is 90.1 cm³/mol. The van der Waals surface area contributed by atoms with Gasteiger partial charge in [-0.2, -0.15) is 5.06 Å². The molecule has 0 spiro atoms. The van der Waals surface area contributed by atoms with Crippen LogP contribution in [0.2, 0.25) is 0 Å². The Morgan fingerprint density at radius 3 is 1.57 bits per heavy atom. The van der Waals surface area contributed by atoms with Gasteiger partial charge in [-0.3, -0.25) is 9.63 Å². The molecule has 0 bridgehead atoms. The van der Waals surface area contributed by atoms with Crippen LogP contribution in [0.3, 0.4) is 0 Å². The number of hydrogen-bond donors (Lipinski definition) is 0. The van der Waals surface area contributed by atoms with Gasteiger partial charge in [-0.05, 0) is 60.3 Å². The summed E-state index contributed by atoms with van der Waals surface area (Å²) in [4.78, 5) is 17.9. The van der Waals surface area contributed by atoms with E-state index in [0.717, 1.165) is 0 Å². The van der Waals surface area contributed by atoms with Crippen LogP contribution in [0.1, 0.15) is 62.3 Å². The summed E-state index contributed by atoms with van der Waals surface area (Å²) in [5.41, 5.74) is -1.54. The third-order valence-electron chi connectivity index (χ3n) is 3.42. The van der Waals surface area contributed by atoms with Crippen molar-refractivity contribution < 1.29 is 14.2 Å². The van der Waals surface area contributed by atoms with Crippen molar-refractivity contribution in [2.75, 3.05) is 13.3 Å². The number of nitrogens with zero attached hydrogens (tertiary/aromatic N) is 1. The van der Waals surface area contributed by atoms with Crippen molar-refractivity contribution in [3.05, 3.63) is 0 Å². The molecule has 126 valence electrons. The Morgan fingerprint density at radius 2 is 1.38 bits per heavy atom. The molecule has 0 radical (unpaired) electrons. The molecule has 1 atom stereocenters. The first-order valence-corrected chi connectivity index (χ1v) is 10.1. The van der Waals surface area contributed by atoms with E-state index in [2.05, 4.69) is 20.8 Å². The van der Waals surface area contributed by atoms with Gasteiger partial charge in [-0.1, -0.05) is 20.8 Å². The van der Waals surface area contributed by atoms with Gasteiger partial charge in [-0.25, -0.2) is 0 Å². The first-order chi connectivity index (χ1) is 8.90. The molecule has 0 saturated heterocycles. The smallest absolute Gasteiger partial charge is 0.163 e. The lowest BCUT2D eigenvalue weighted by atomic mass is 9.94. The number of hydroxylamine groups is 2. The lowest BCUT2D eigenvalue weighted by molar-refractivity contribution is -0.282. The molecule has 0 aliphatic heterocycles. The average Bonchev–Trinajstić information content (AvgIpc) is 2.09. The highest BCUT2D eigenvalue weighted by atomic mass is 31.2. The van der Waals surface area contributed by atoms with E-state index < -0.39 is 12.7 Å². The molecule has 0 N–H and O–H groups in total. The van der Waals surface area contributed by atoms with Gasteiger partial charge in [0.2, 0.25) is 0 Å². The van der Waals surface area contributed by atoms with Crippen molar-refractivity contribution in [2.45, 2.75) is 79.2 Å². The molecular weight excluding hydrogens is 285 g/mol. The van der Waals surface area contributed by atoms with Crippen molar-refractivity contribution in [2.24, 2.45) is 5.41 Å². The molecule has 5 heteroatoms. The summed E-state index contributed by atoms with van der Waals surface area (Å²) < 4.78 is 12.9. The molecule has 0 saturated carbocycles. The Balaban J connectivity index is 5.93. The van der Waals surface area contributed by atoms with E-state index in [1.165, 1.54) is 6.92 Å². The average molecular weight is 319 g/mol. The fourth-order valence-corrected chi connectivity index (χ4v) is 5.16. The topological polar surface area (TPSA) is 46.6 Å². The highest BCUT2D eigenvalue weighted by Crippen LogP contribution is 2.54. The number of ketones is 1. The van der Waals surface area contributed by atoms with E-state index in [0.29, 0.717) is 0 Å². The lowest BCUT2D eigenvalue weighted by Gasteiger charge is -2.49. The van der Waals surface area contributed by atoms with Crippen LogP contribution >= 0.6 is 7.14 Å². The van der Waals surface area contributed by atoms with Crippen molar-refractivity contribution >= 4 is 12.9 Å². The Kier molecular flexibility index (Phi) is 6.08. The minimum atomic E-state index is -2.48. The minimum Gasteiger partial charge on any atom is -0.322 e. The molecule has 21 heavy (non-hydrogen) atoms. The monoisotopic (exact) mass is 319 g/mol. The van der Waals surface area contributed by atoms with Gasteiger partial charge in [0.25, 0.3) is 0 Å². The summed E-state index contributed by atoms with van der Waals surface area (Å²) in [5.74, 6) is -0.324. The van der Waals surface area contributed by atoms with E-state index in [9.17, 15) is 9.36 Å². The van der Waals surface area contributed by atoms with Crippen LogP contribution < -0.4 is 0 Å². The zero-order chi connectivity index (χ0) is 17.4. The number of Topliss-reactive ketones (excluding diaryl/α,β-unsaturated/α-hetero) is 1. The quantitative estimate of drug-likeness (QED) is 0.557. The highest BCUT2D eigenvalue weighted by Gasteiger charge is 2.46. The largest absolute Gasteiger partial charge is 0.322 e. The Hall–Kier alpha value is -0.180. The summed E-state index contributed by atoms with van der Waals surface area (Å²) in [6, 6.07) is 0. The molecule has 4 nitrogen and oxygen atoms in total. The second-order valence-corrected chi connectivity index (χ2v) is 12.2. The predicted octanol–water partition coefficient (Wildman–Crippen LogP) is 4.38. The van der Waals surface area contributed by atoms with E-state index in [-0.39, 0.29) is 22.5 Å². The van der Waals surface area contributed by atoms with Crippen LogP contribution in [0.5, 0.6) is 0 Å². The van der Waals surface area contributed by atoms with Gasteiger partial charge in [0.05, 0.1) is 5.78 Å². The van der Waals surface area contributed by atoms with Gasteiger partial charge in [0.15, 0.2) is 5.78 Å². The standard InChI is InChI=1S/C16H34NO3P/c1-12(18)16(8,9)20-17(15(5,6)7)13(14(2,3)4)21(10,11)19/h13H,1-11H3. The normalized spacial score (nSPS) is 16.2. The van der Waals surface area contributed by atoms with Crippen LogP contribution in [0, 0.1) is 5.41 Å². The maximum atomic E-state index is 12.9. The number of rotatable bonds is 5. The first-order valence-electron chi connectivity index (χ1n) is 7.45. The third-order valence-corrected chi connectivity index (χ3v) is 5.58. The van der Waals surface area contributed by atoms with E-state index in [1.807, 2.05) is 20.8 Å². The number of hydrogen-bond acceptors (Lipinski definition) is 4. The van der Waals surface area contributed by atoms with Gasteiger partial charge in [0.1, 0.15) is 12.7 Å². The fourth-order valence-electron chi connectivity index (χ4n) is 2.40. The molecule has 0 rings (SSSR count). The maximum absolute atomic E-state index is 12.9. The molecule has 0 aromatic rings. The lowest BCUT2D eigenvalue weighted by Crippen LogP contribution is -2.56. The van der Waals surface area contributed by atoms with E-state index in [4.69, 9.17) is 4.84 Å². The van der Waals surface area contributed by atoms with Gasteiger partial charge < -0.3 is 4.57 Å². The Bertz CT molecular complexity index is 424. The molecule has 0 fully saturated rings. The second kappa shape index (κ2) is 6.14. The van der Waals surface area contributed by atoms with E-state index in [1.54, 1.807) is 32.2 Å². The molecule has 0 aliphatic rings. The Labute approximate surface area is 130 Å². The maximum Gasteiger partial charge on any atom is 0.163 e. The molecule has 0 heterocycles. The summed E-state index contributed by atoms with van der Waals surface area (Å²) in [7, 11) is -2.48.